The van der Waals surface area contributed by atoms with Crippen LogP contribution in [0.4, 0.5) is 0 Å². The minimum absolute atomic E-state index is 0.0447. The zero-order valence-electron chi connectivity index (χ0n) is 16.0. The number of carbonyl (C=O) groups is 1. The molecule has 0 aliphatic rings. The van der Waals surface area contributed by atoms with Crippen LogP contribution in [0.1, 0.15) is 23.7 Å². The largest absolute Gasteiger partial charge is 0.395 e. The number of benzene rings is 1. The van der Waals surface area contributed by atoms with Crippen LogP contribution in [-0.2, 0) is 4.79 Å². The topological polar surface area (TPSA) is 57.8 Å². The maximum absolute atomic E-state index is 12.4. The molecule has 140 valence electrons. The second-order valence-corrected chi connectivity index (χ2v) is 6.62. The lowest BCUT2D eigenvalue weighted by atomic mass is 10.1. The van der Waals surface area contributed by atoms with Gasteiger partial charge < -0.3 is 10.0 Å². The highest BCUT2D eigenvalue weighted by Crippen LogP contribution is 2.26. The van der Waals surface area contributed by atoms with E-state index in [0.29, 0.717) is 13.1 Å². The number of amides is 1. The van der Waals surface area contributed by atoms with Gasteiger partial charge in [0.15, 0.2) is 0 Å². The molecule has 5 heteroatoms. The van der Waals surface area contributed by atoms with Gasteiger partial charge in [-0.2, -0.15) is 0 Å². The van der Waals surface area contributed by atoms with Gasteiger partial charge in [0.25, 0.3) is 0 Å². The van der Waals surface area contributed by atoms with Gasteiger partial charge in [-0.05, 0) is 44.5 Å². The first-order chi connectivity index (χ1) is 13.0. The predicted octanol–water partition coefficient (Wildman–Crippen LogP) is 3.47. The summed E-state index contributed by atoms with van der Waals surface area (Å²) < 4.78 is 1.99. The summed E-state index contributed by atoms with van der Waals surface area (Å²) in [5.41, 5.74) is 5.89. The molecule has 1 N–H and O–H groups in total. The summed E-state index contributed by atoms with van der Waals surface area (Å²) in [7, 11) is 0. The number of nitrogens with zero attached hydrogens (tertiary/aromatic N) is 3. The van der Waals surface area contributed by atoms with E-state index in [-0.39, 0.29) is 12.5 Å². The Morgan fingerprint density at radius 1 is 1.19 bits per heavy atom. The fourth-order valence-electron chi connectivity index (χ4n) is 3.05. The van der Waals surface area contributed by atoms with Crippen molar-refractivity contribution in [2.75, 3.05) is 19.7 Å². The Bertz CT molecular complexity index is 971. The van der Waals surface area contributed by atoms with E-state index >= 15 is 0 Å². The van der Waals surface area contributed by atoms with Crippen molar-refractivity contribution in [2.24, 2.45) is 0 Å². The number of pyridine rings is 1. The molecule has 2 heterocycles. The normalized spacial score (nSPS) is 11.4. The van der Waals surface area contributed by atoms with Gasteiger partial charge in [-0.25, -0.2) is 4.98 Å². The molecule has 0 fully saturated rings. The molecule has 0 bridgehead atoms. The van der Waals surface area contributed by atoms with Crippen LogP contribution in [0.5, 0.6) is 0 Å². The van der Waals surface area contributed by atoms with Gasteiger partial charge in [-0.1, -0.05) is 29.8 Å². The van der Waals surface area contributed by atoms with Crippen LogP contribution in [0.15, 0.2) is 48.7 Å². The molecule has 1 aromatic carbocycles. The summed E-state index contributed by atoms with van der Waals surface area (Å²) in [4.78, 5) is 18.8. The van der Waals surface area contributed by atoms with E-state index in [4.69, 9.17) is 10.1 Å². The molecule has 0 saturated carbocycles. The number of aromatic nitrogens is 2. The van der Waals surface area contributed by atoms with Crippen molar-refractivity contribution < 1.29 is 9.90 Å². The summed E-state index contributed by atoms with van der Waals surface area (Å²) in [6, 6.07) is 12.3. The SMILES string of the molecule is CCN(CCO)C(=O)/C=C/c1c(-c2ccc(C)cc2)nc2cc(C)ccn12. The highest BCUT2D eigenvalue weighted by Gasteiger charge is 2.13. The fraction of sp³-hybridized carbons (Fsp3) is 0.273. The third-order valence-corrected chi connectivity index (χ3v) is 4.59. The minimum atomic E-state index is -0.122. The van der Waals surface area contributed by atoms with Crippen LogP contribution in [0.3, 0.4) is 0 Å². The molecule has 0 aliphatic heterocycles. The van der Waals surface area contributed by atoms with Gasteiger partial charge in [0.05, 0.1) is 18.0 Å². The van der Waals surface area contributed by atoms with Gasteiger partial charge in [0, 0.05) is 30.9 Å². The average molecular weight is 363 g/mol. The molecule has 0 saturated heterocycles. The maximum Gasteiger partial charge on any atom is 0.246 e. The van der Waals surface area contributed by atoms with Crippen molar-refractivity contribution in [1.82, 2.24) is 14.3 Å². The lowest BCUT2D eigenvalue weighted by Gasteiger charge is -2.17. The molecular formula is C22H25N3O2. The van der Waals surface area contributed by atoms with Crippen molar-refractivity contribution in [3.05, 3.63) is 65.5 Å². The standard InChI is InChI=1S/C22H25N3O2/c1-4-24(13-14-26)21(27)10-9-19-22(18-7-5-16(2)6-8-18)23-20-15-17(3)11-12-25(19)20/h5-12,15,26H,4,13-14H2,1-3H3/b10-9+. The zero-order chi connectivity index (χ0) is 19.4. The molecule has 0 aliphatic carbocycles. The number of aryl methyl sites for hydroxylation is 2. The van der Waals surface area contributed by atoms with Crippen LogP contribution in [0.2, 0.25) is 0 Å². The average Bonchev–Trinajstić information content (AvgIpc) is 3.02. The van der Waals surface area contributed by atoms with Crippen molar-refractivity contribution in [3.63, 3.8) is 0 Å². The number of rotatable bonds is 6. The molecular weight excluding hydrogens is 338 g/mol. The number of aliphatic hydroxyl groups excluding tert-OH is 1. The van der Waals surface area contributed by atoms with E-state index in [2.05, 4.69) is 19.1 Å². The van der Waals surface area contributed by atoms with E-state index in [1.54, 1.807) is 11.0 Å². The van der Waals surface area contributed by atoms with Crippen LogP contribution in [-0.4, -0.2) is 45.0 Å². The molecule has 27 heavy (non-hydrogen) atoms. The van der Waals surface area contributed by atoms with E-state index in [1.165, 1.54) is 5.56 Å². The van der Waals surface area contributed by atoms with E-state index in [1.807, 2.05) is 54.8 Å². The number of fused-ring (bicyclic) bond motifs is 1. The Morgan fingerprint density at radius 3 is 2.59 bits per heavy atom. The van der Waals surface area contributed by atoms with Crippen molar-refractivity contribution in [2.45, 2.75) is 20.8 Å². The molecule has 5 nitrogen and oxygen atoms in total. The summed E-state index contributed by atoms with van der Waals surface area (Å²) >= 11 is 0. The van der Waals surface area contributed by atoms with Gasteiger partial charge in [-0.3, -0.25) is 9.20 Å². The minimum Gasteiger partial charge on any atom is -0.395 e. The van der Waals surface area contributed by atoms with Crippen molar-refractivity contribution in [3.8, 4) is 11.3 Å². The van der Waals surface area contributed by atoms with Crippen LogP contribution in [0, 0.1) is 13.8 Å². The van der Waals surface area contributed by atoms with Crippen molar-refractivity contribution in [1.29, 1.82) is 0 Å². The molecule has 0 spiro atoms. The van der Waals surface area contributed by atoms with Gasteiger partial charge in [0.2, 0.25) is 5.91 Å². The number of hydrogen-bond acceptors (Lipinski definition) is 3. The number of imidazole rings is 1. The number of hydrogen-bond donors (Lipinski definition) is 1. The van der Waals surface area contributed by atoms with Gasteiger partial charge >= 0.3 is 0 Å². The highest BCUT2D eigenvalue weighted by molar-refractivity contribution is 5.93. The monoisotopic (exact) mass is 363 g/mol. The second kappa shape index (κ2) is 8.18. The first-order valence-electron chi connectivity index (χ1n) is 9.17. The number of likely N-dealkylation sites (N-methyl/N-ethyl adjacent to an activating group) is 1. The van der Waals surface area contributed by atoms with Crippen molar-refractivity contribution >= 4 is 17.6 Å². The Morgan fingerprint density at radius 2 is 1.93 bits per heavy atom. The first kappa shape index (κ1) is 18.9. The molecule has 3 rings (SSSR count). The molecule has 3 aromatic rings. The quantitative estimate of drug-likeness (QED) is 0.682. The van der Waals surface area contributed by atoms with Crippen LogP contribution in [0.25, 0.3) is 23.0 Å². The summed E-state index contributed by atoms with van der Waals surface area (Å²) in [6.45, 7) is 6.83. The predicted molar refractivity (Wildman–Crippen MR) is 108 cm³/mol. The molecule has 1 amide bonds. The smallest absolute Gasteiger partial charge is 0.246 e. The fourth-order valence-corrected chi connectivity index (χ4v) is 3.05. The lowest BCUT2D eigenvalue weighted by Crippen LogP contribution is -2.31. The molecule has 0 radical (unpaired) electrons. The zero-order valence-corrected chi connectivity index (χ0v) is 16.0. The molecule has 2 aromatic heterocycles. The van der Waals surface area contributed by atoms with E-state index in [0.717, 1.165) is 28.2 Å². The number of aliphatic hydroxyl groups is 1. The third-order valence-electron chi connectivity index (χ3n) is 4.59. The third kappa shape index (κ3) is 4.09. The van der Waals surface area contributed by atoms with Crippen LogP contribution < -0.4 is 0 Å². The number of carbonyl (C=O) groups excluding carboxylic acids is 1. The Kier molecular flexibility index (Phi) is 5.72. The van der Waals surface area contributed by atoms with Gasteiger partial charge in [-0.15, -0.1) is 0 Å². The Hall–Kier alpha value is -2.92. The van der Waals surface area contributed by atoms with Gasteiger partial charge in [0.1, 0.15) is 5.65 Å². The summed E-state index contributed by atoms with van der Waals surface area (Å²) in [5.74, 6) is -0.122. The molecule has 0 unspecified atom stereocenters. The highest BCUT2D eigenvalue weighted by atomic mass is 16.3. The van der Waals surface area contributed by atoms with E-state index in [9.17, 15) is 4.79 Å². The summed E-state index contributed by atoms with van der Waals surface area (Å²) in [6.07, 6.45) is 5.35. The maximum atomic E-state index is 12.4. The molecule has 0 atom stereocenters. The Labute approximate surface area is 159 Å². The van der Waals surface area contributed by atoms with E-state index < -0.39 is 0 Å². The Balaban J connectivity index is 2.07. The summed E-state index contributed by atoms with van der Waals surface area (Å²) in [5, 5.41) is 9.12. The first-order valence-corrected chi connectivity index (χ1v) is 9.17. The van der Waals surface area contributed by atoms with Crippen LogP contribution >= 0.6 is 0 Å². The lowest BCUT2D eigenvalue weighted by molar-refractivity contribution is -0.126. The second-order valence-electron chi connectivity index (χ2n) is 6.62.